The molecule has 2 N–H and O–H groups in total. The van der Waals surface area contributed by atoms with E-state index in [9.17, 15) is 9.90 Å². The Kier molecular flexibility index (Phi) is 4.68. The Morgan fingerprint density at radius 2 is 1.60 bits per heavy atom. The topological polar surface area (TPSA) is 52.6 Å². The van der Waals surface area contributed by atoms with Crippen LogP contribution in [0.4, 0.5) is 0 Å². The highest BCUT2D eigenvalue weighted by molar-refractivity contribution is 7.99. The van der Waals surface area contributed by atoms with Gasteiger partial charge in [0.1, 0.15) is 5.75 Å². The molecule has 2 aromatic rings. The molecular weight excluding hydrogens is 332 g/mol. The second-order valence-electron chi connectivity index (χ2n) is 6.84. The molecule has 25 heavy (non-hydrogen) atoms. The van der Waals surface area contributed by atoms with Gasteiger partial charge < -0.3 is 15.3 Å². The molecule has 0 saturated carbocycles. The number of benzene rings is 2. The van der Waals surface area contributed by atoms with Gasteiger partial charge in [-0.15, -0.1) is 0 Å². The molecule has 1 atom stereocenters. The summed E-state index contributed by atoms with van der Waals surface area (Å²) < 4.78 is 0. The molecule has 0 unspecified atom stereocenters. The van der Waals surface area contributed by atoms with Crippen molar-refractivity contribution in [1.82, 2.24) is 10.2 Å². The highest BCUT2D eigenvalue weighted by Crippen LogP contribution is 2.30. The third-order valence-corrected chi connectivity index (χ3v) is 6.18. The predicted molar refractivity (Wildman–Crippen MR) is 99.1 cm³/mol. The molecule has 130 valence electrons. The van der Waals surface area contributed by atoms with E-state index in [-0.39, 0.29) is 11.7 Å². The second kappa shape index (κ2) is 7.10. The van der Waals surface area contributed by atoms with Crippen molar-refractivity contribution in [3.8, 4) is 5.75 Å². The quantitative estimate of drug-likeness (QED) is 0.884. The maximum atomic E-state index is 12.5. The number of fused-ring (bicyclic) bond motifs is 3. The normalized spacial score (nSPS) is 24.9. The third kappa shape index (κ3) is 3.83. The van der Waals surface area contributed by atoms with Crippen LogP contribution in [0.15, 0.2) is 58.3 Å². The Balaban J connectivity index is 1.38. The molecular formula is C20H22N2O2S. The van der Waals surface area contributed by atoms with Crippen molar-refractivity contribution in [2.24, 2.45) is 5.92 Å². The average Bonchev–Trinajstić information content (AvgIpc) is 2.65. The zero-order valence-electron chi connectivity index (χ0n) is 14.0. The fourth-order valence-electron chi connectivity index (χ4n) is 3.70. The fourth-order valence-corrected chi connectivity index (χ4v) is 4.52. The Morgan fingerprint density at radius 3 is 2.16 bits per heavy atom. The second-order valence-corrected chi connectivity index (χ2v) is 7.99. The number of carbonyl (C=O) groups is 1. The van der Waals surface area contributed by atoms with E-state index in [0.29, 0.717) is 17.5 Å². The van der Waals surface area contributed by atoms with E-state index in [1.165, 1.54) is 25.9 Å². The lowest BCUT2D eigenvalue weighted by Gasteiger charge is -2.44. The van der Waals surface area contributed by atoms with Gasteiger partial charge in [-0.25, -0.2) is 0 Å². The Labute approximate surface area is 152 Å². The summed E-state index contributed by atoms with van der Waals surface area (Å²) >= 11 is 1.61. The highest BCUT2D eigenvalue weighted by atomic mass is 32.2. The van der Waals surface area contributed by atoms with E-state index in [1.54, 1.807) is 23.9 Å². The van der Waals surface area contributed by atoms with Gasteiger partial charge in [0.15, 0.2) is 0 Å². The molecule has 5 heteroatoms. The summed E-state index contributed by atoms with van der Waals surface area (Å²) in [6.45, 7) is 3.35. The molecule has 0 spiro atoms. The molecule has 3 aliphatic rings. The number of hydrogen-bond donors (Lipinski definition) is 2. The van der Waals surface area contributed by atoms with Gasteiger partial charge in [-0.2, -0.15) is 0 Å². The van der Waals surface area contributed by atoms with Crippen LogP contribution in [0.2, 0.25) is 0 Å². The van der Waals surface area contributed by atoms with E-state index in [4.69, 9.17) is 0 Å². The molecule has 3 heterocycles. The molecule has 3 aliphatic heterocycles. The first-order valence-corrected chi connectivity index (χ1v) is 9.59. The van der Waals surface area contributed by atoms with Crippen molar-refractivity contribution < 1.29 is 9.90 Å². The van der Waals surface area contributed by atoms with Gasteiger partial charge in [0.25, 0.3) is 5.91 Å². The van der Waals surface area contributed by atoms with E-state index in [2.05, 4.69) is 10.2 Å². The third-order valence-electron chi connectivity index (χ3n) is 5.16. The van der Waals surface area contributed by atoms with Gasteiger partial charge in [0.05, 0.1) is 0 Å². The minimum absolute atomic E-state index is 0.0277. The van der Waals surface area contributed by atoms with Crippen LogP contribution < -0.4 is 5.32 Å². The number of phenols is 1. The van der Waals surface area contributed by atoms with E-state index >= 15 is 0 Å². The van der Waals surface area contributed by atoms with Crippen LogP contribution in [-0.2, 0) is 0 Å². The summed E-state index contributed by atoms with van der Waals surface area (Å²) in [6.07, 6.45) is 2.40. The first-order valence-electron chi connectivity index (χ1n) is 8.77. The Hall–Kier alpha value is -1.98. The minimum Gasteiger partial charge on any atom is -0.508 e. The largest absolute Gasteiger partial charge is 0.508 e. The number of phenolic OH excluding ortho intramolecular Hbond substituents is 1. The Bertz CT molecular complexity index is 737. The number of aromatic hydroxyl groups is 1. The van der Waals surface area contributed by atoms with Crippen LogP contribution in [-0.4, -0.2) is 41.6 Å². The standard InChI is InChI=1S/C20H22N2O2S/c23-16-3-7-18(8-4-16)25-17-5-1-15(2-6-17)20(24)21-19-13-22-11-9-14(19)10-12-22/h1-8,14,19,23H,9-13H2,(H,21,24)/t19-/m0/s1. The zero-order valence-corrected chi connectivity index (χ0v) is 14.8. The van der Waals surface area contributed by atoms with Crippen LogP contribution in [0.25, 0.3) is 0 Å². The molecule has 0 radical (unpaired) electrons. The van der Waals surface area contributed by atoms with Gasteiger partial charge in [-0.1, -0.05) is 11.8 Å². The van der Waals surface area contributed by atoms with Gasteiger partial charge in [-0.05, 0) is 80.4 Å². The summed E-state index contributed by atoms with van der Waals surface area (Å²) in [6, 6.07) is 15.1. The molecule has 3 fully saturated rings. The molecule has 0 aliphatic carbocycles. The molecule has 3 saturated heterocycles. The number of nitrogens with one attached hydrogen (secondary N) is 1. The summed E-state index contributed by atoms with van der Waals surface area (Å²) in [5.41, 5.74) is 0.714. The molecule has 0 aromatic heterocycles. The maximum Gasteiger partial charge on any atom is 0.251 e. The van der Waals surface area contributed by atoms with Gasteiger partial charge >= 0.3 is 0 Å². The summed E-state index contributed by atoms with van der Waals surface area (Å²) in [7, 11) is 0. The molecule has 4 nitrogen and oxygen atoms in total. The van der Waals surface area contributed by atoms with Crippen LogP contribution in [0.5, 0.6) is 5.75 Å². The average molecular weight is 354 g/mol. The minimum atomic E-state index is 0.0277. The number of hydrogen-bond acceptors (Lipinski definition) is 4. The van der Waals surface area contributed by atoms with Crippen molar-refractivity contribution in [1.29, 1.82) is 0 Å². The molecule has 2 aromatic carbocycles. The summed E-state index contributed by atoms with van der Waals surface area (Å²) in [4.78, 5) is 17.1. The zero-order chi connectivity index (χ0) is 17.2. The van der Waals surface area contributed by atoms with Crippen molar-refractivity contribution in [3.05, 3.63) is 54.1 Å². The number of carbonyl (C=O) groups excluding carboxylic acids is 1. The molecule has 2 bridgehead atoms. The summed E-state index contributed by atoms with van der Waals surface area (Å²) in [5.74, 6) is 0.933. The van der Waals surface area contributed by atoms with Crippen molar-refractivity contribution in [2.75, 3.05) is 19.6 Å². The molecule has 5 rings (SSSR count). The first kappa shape index (κ1) is 16.5. The fraction of sp³-hybridized carbons (Fsp3) is 0.350. The Morgan fingerprint density at radius 1 is 1.00 bits per heavy atom. The van der Waals surface area contributed by atoms with Crippen LogP contribution >= 0.6 is 11.8 Å². The van der Waals surface area contributed by atoms with E-state index < -0.39 is 0 Å². The summed E-state index contributed by atoms with van der Waals surface area (Å²) in [5, 5.41) is 12.6. The number of piperidine rings is 3. The number of amides is 1. The maximum absolute atomic E-state index is 12.5. The van der Waals surface area contributed by atoms with Gasteiger partial charge in [0, 0.05) is 27.9 Å². The van der Waals surface area contributed by atoms with Crippen molar-refractivity contribution >= 4 is 17.7 Å². The van der Waals surface area contributed by atoms with Crippen molar-refractivity contribution in [2.45, 2.75) is 28.7 Å². The predicted octanol–water partition coefficient (Wildman–Crippen LogP) is 3.37. The lowest BCUT2D eigenvalue weighted by molar-refractivity contribution is 0.0620. The van der Waals surface area contributed by atoms with Crippen LogP contribution in [0.1, 0.15) is 23.2 Å². The van der Waals surface area contributed by atoms with E-state index in [1.807, 2.05) is 36.4 Å². The van der Waals surface area contributed by atoms with Crippen LogP contribution in [0.3, 0.4) is 0 Å². The van der Waals surface area contributed by atoms with Crippen molar-refractivity contribution in [3.63, 3.8) is 0 Å². The monoisotopic (exact) mass is 354 g/mol. The number of nitrogens with zero attached hydrogens (tertiary/aromatic N) is 1. The van der Waals surface area contributed by atoms with Gasteiger partial charge in [-0.3, -0.25) is 4.79 Å². The highest BCUT2D eigenvalue weighted by Gasteiger charge is 2.34. The van der Waals surface area contributed by atoms with Crippen LogP contribution in [0, 0.1) is 5.92 Å². The van der Waals surface area contributed by atoms with Gasteiger partial charge in [0.2, 0.25) is 0 Å². The SMILES string of the molecule is O=C(N[C@H]1CN2CCC1CC2)c1ccc(Sc2ccc(O)cc2)cc1. The molecule has 1 amide bonds. The lowest BCUT2D eigenvalue weighted by Crippen LogP contribution is -2.57. The van der Waals surface area contributed by atoms with E-state index in [0.717, 1.165) is 16.3 Å². The smallest absolute Gasteiger partial charge is 0.251 e. The number of rotatable bonds is 4. The lowest BCUT2D eigenvalue weighted by atomic mass is 9.84. The first-order chi connectivity index (χ1) is 12.2.